The van der Waals surface area contributed by atoms with Crippen LogP contribution in [0.25, 0.3) is 11.3 Å². The van der Waals surface area contributed by atoms with Crippen molar-refractivity contribution >= 4 is 21.9 Å². The minimum Gasteiger partial charge on any atom is -0.480 e. The number of rotatable bonds is 10. The van der Waals surface area contributed by atoms with Crippen molar-refractivity contribution in [3.05, 3.63) is 40.5 Å². The maximum Gasteiger partial charge on any atom is 0.329 e. The lowest BCUT2D eigenvalue weighted by Crippen LogP contribution is -2.23. The minimum absolute atomic E-state index is 0.0887. The monoisotopic (exact) mass is 534 g/mol. The quantitative estimate of drug-likeness (QED) is 0.445. The molecule has 1 aromatic carbocycles. The van der Waals surface area contributed by atoms with Gasteiger partial charge in [0.2, 0.25) is 0 Å². The summed E-state index contributed by atoms with van der Waals surface area (Å²) in [6.07, 6.45) is 6.12. The average molecular weight is 535 g/mol. The number of carbonyl (C=O) groups is 1. The molecule has 0 unspecified atom stereocenters. The number of aryl methyl sites for hydroxylation is 1. The van der Waals surface area contributed by atoms with Gasteiger partial charge >= 0.3 is 5.97 Å². The first-order chi connectivity index (χ1) is 16.3. The lowest BCUT2D eigenvalue weighted by Gasteiger charge is -2.28. The summed E-state index contributed by atoms with van der Waals surface area (Å²) >= 11 is 3.87. The van der Waals surface area contributed by atoms with Crippen molar-refractivity contribution in [3.8, 4) is 11.3 Å². The molecule has 1 atom stereocenters. The van der Waals surface area contributed by atoms with Gasteiger partial charge in [0.05, 0.1) is 35.2 Å². The number of ether oxygens (including phenoxy) is 3. The number of hydrogen-bond acceptors (Lipinski definition) is 5. The van der Waals surface area contributed by atoms with Crippen LogP contribution in [-0.2, 0) is 32.0 Å². The van der Waals surface area contributed by atoms with Crippen LogP contribution in [0.2, 0.25) is 0 Å². The Balaban J connectivity index is 1.42. The van der Waals surface area contributed by atoms with Crippen molar-refractivity contribution in [1.82, 2.24) is 9.78 Å². The molecule has 2 aliphatic rings. The van der Waals surface area contributed by atoms with Gasteiger partial charge in [0.25, 0.3) is 0 Å². The van der Waals surface area contributed by atoms with Gasteiger partial charge in [0, 0.05) is 12.1 Å². The Hall–Kier alpha value is -1.74. The fourth-order valence-corrected chi connectivity index (χ4v) is 5.71. The molecule has 0 bridgehead atoms. The molecule has 2 fully saturated rings. The van der Waals surface area contributed by atoms with Gasteiger partial charge < -0.3 is 19.3 Å². The third-order valence-electron chi connectivity index (χ3n) is 6.76. The van der Waals surface area contributed by atoms with Crippen LogP contribution in [0.4, 0.5) is 0 Å². The Morgan fingerprint density at radius 1 is 1.21 bits per heavy atom. The lowest BCUT2D eigenvalue weighted by molar-refractivity contribution is -0.142. The zero-order chi connectivity index (χ0) is 24.1. The number of carboxylic acids is 1. The highest BCUT2D eigenvalue weighted by atomic mass is 79.9. The first-order valence-corrected chi connectivity index (χ1v) is 13.0. The predicted molar refractivity (Wildman–Crippen MR) is 132 cm³/mol. The molecule has 1 saturated carbocycles. The zero-order valence-electron chi connectivity index (χ0n) is 20.0. The van der Waals surface area contributed by atoms with Crippen LogP contribution < -0.4 is 0 Å². The van der Waals surface area contributed by atoms with Gasteiger partial charge in [0.15, 0.2) is 5.79 Å². The Labute approximate surface area is 209 Å². The highest BCUT2D eigenvalue weighted by molar-refractivity contribution is 9.10. The lowest BCUT2D eigenvalue weighted by atomic mass is 9.82. The number of carboxylic acid groups (broad SMARTS) is 1. The van der Waals surface area contributed by atoms with Crippen molar-refractivity contribution in [1.29, 1.82) is 0 Å². The third kappa shape index (κ3) is 6.68. The Morgan fingerprint density at radius 2 is 1.91 bits per heavy atom. The summed E-state index contributed by atoms with van der Waals surface area (Å²) in [4.78, 5) is 10.7. The average Bonchev–Trinajstić information content (AvgIpc) is 3.31. The summed E-state index contributed by atoms with van der Waals surface area (Å²) in [5.74, 6) is -0.418. The molecule has 34 heavy (non-hydrogen) atoms. The fourth-order valence-electron chi connectivity index (χ4n) is 4.99. The van der Waals surface area contributed by atoms with Crippen LogP contribution in [0, 0.1) is 11.8 Å². The molecule has 1 N–H and O–H groups in total. The summed E-state index contributed by atoms with van der Waals surface area (Å²) in [5, 5.41) is 13.8. The van der Waals surface area contributed by atoms with E-state index in [2.05, 4.69) is 44.9 Å². The molecule has 8 heteroatoms. The summed E-state index contributed by atoms with van der Waals surface area (Å²) in [6, 6.07) is 10.4. The molecule has 4 rings (SSSR count). The van der Waals surface area contributed by atoms with E-state index >= 15 is 0 Å². The number of hydrogen-bond donors (Lipinski definition) is 1. The van der Waals surface area contributed by atoms with Gasteiger partial charge in [-0.25, -0.2) is 4.79 Å². The SMILES string of the molecule is CC1(C)OC[C@H](CCc2nn(CC3CCC(COCC(=O)O)CC3)c(-c3ccccc3)c2Br)O1. The summed E-state index contributed by atoms with van der Waals surface area (Å²) in [6.45, 7) is 5.74. The van der Waals surface area contributed by atoms with Gasteiger partial charge in [-0.1, -0.05) is 30.3 Å². The van der Waals surface area contributed by atoms with Crippen LogP contribution in [0.15, 0.2) is 34.8 Å². The molecule has 7 nitrogen and oxygen atoms in total. The van der Waals surface area contributed by atoms with Crippen molar-refractivity contribution in [2.45, 2.75) is 70.8 Å². The van der Waals surface area contributed by atoms with E-state index in [9.17, 15) is 4.79 Å². The molecular weight excluding hydrogens is 500 g/mol. The Kier molecular flexibility index (Phi) is 8.45. The second-order valence-electron chi connectivity index (χ2n) is 9.94. The summed E-state index contributed by atoms with van der Waals surface area (Å²) in [5.41, 5.74) is 3.35. The highest BCUT2D eigenvalue weighted by Gasteiger charge is 2.33. The molecule has 2 heterocycles. The van der Waals surface area contributed by atoms with Gasteiger partial charge in [-0.05, 0) is 80.1 Å². The molecule has 1 saturated heterocycles. The molecule has 1 aliphatic carbocycles. The molecule has 2 aromatic rings. The second-order valence-corrected chi connectivity index (χ2v) is 10.7. The van der Waals surface area contributed by atoms with Gasteiger partial charge in [0.1, 0.15) is 6.61 Å². The van der Waals surface area contributed by atoms with Gasteiger partial charge in [-0.3, -0.25) is 4.68 Å². The van der Waals surface area contributed by atoms with Crippen molar-refractivity contribution in [2.75, 3.05) is 19.8 Å². The minimum atomic E-state index is -0.905. The summed E-state index contributed by atoms with van der Waals surface area (Å²) in [7, 11) is 0. The van der Waals surface area contributed by atoms with E-state index < -0.39 is 11.8 Å². The van der Waals surface area contributed by atoms with E-state index in [1.807, 2.05) is 19.9 Å². The van der Waals surface area contributed by atoms with Gasteiger partial charge in [-0.2, -0.15) is 5.10 Å². The van der Waals surface area contributed by atoms with Gasteiger partial charge in [-0.15, -0.1) is 0 Å². The number of nitrogens with zero attached hydrogens (tertiary/aromatic N) is 2. The third-order valence-corrected chi connectivity index (χ3v) is 7.59. The van der Waals surface area contributed by atoms with E-state index in [0.29, 0.717) is 25.0 Å². The van der Waals surface area contributed by atoms with Crippen LogP contribution in [-0.4, -0.2) is 52.6 Å². The van der Waals surface area contributed by atoms with Crippen molar-refractivity contribution < 1.29 is 24.1 Å². The molecular formula is C26H35BrN2O5. The van der Waals surface area contributed by atoms with Crippen LogP contribution in [0.1, 0.15) is 51.6 Å². The first kappa shape index (κ1) is 25.4. The highest BCUT2D eigenvalue weighted by Crippen LogP contribution is 2.36. The van der Waals surface area contributed by atoms with E-state index in [-0.39, 0.29) is 12.7 Å². The fraction of sp³-hybridized carbons (Fsp3) is 0.615. The van der Waals surface area contributed by atoms with E-state index in [1.165, 1.54) is 0 Å². The largest absolute Gasteiger partial charge is 0.480 e. The maximum absolute atomic E-state index is 10.7. The maximum atomic E-state index is 10.7. The molecule has 0 radical (unpaired) electrons. The molecule has 186 valence electrons. The molecule has 0 spiro atoms. The summed E-state index contributed by atoms with van der Waals surface area (Å²) < 4.78 is 20.3. The number of benzene rings is 1. The van der Waals surface area contributed by atoms with Crippen LogP contribution in [0.5, 0.6) is 0 Å². The number of aliphatic carboxylic acids is 1. The normalized spacial score (nSPS) is 24.4. The molecule has 0 amide bonds. The topological polar surface area (TPSA) is 82.8 Å². The predicted octanol–water partition coefficient (Wildman–Crippen LogP) is 5.30. The van der Waals surface area contributed by atoms with E-state index in [1.54, 1.807) is 0 Å². The standard InChI is InChI=1S/C26H35BrN2O5/c1-26(2)33-16-21(34-26)12-13-22-24(27)25(20-6-4-3-5-7-20)29(28-22)14-18-8-10-19(11-9-18)15-32-17-23(30)31/h3-7,18-19,21H,8-17H2,1-2H3,(H,30,31)/t18?,19?,21-/m0/s1. The van der Waals surface area contributed by atoms with Crippen LogP contribution in [0.3, 0.4) is 0 Å². The van der Waals surface area contributed by atoms with E-state index in [0.717, 1.165) is 66.5 Å². The zero-order valence-corrected chi connectivity index (χ0v) is 21.6. The molecule has 1 aliphatic heterocycles. The second kappa shape index (κ2) is 11.3. The van der Waals surface area contributed by atoms with Crippen molar-refractivity contribution in [3.63, 3.8) is 0 Å². The van der Waals surface area contributed by atoms with E-state index in [4.69, 9.17) is 24.4 Å². The Bertz CT molecular complexity index is 954. The first-order valence-electron chi connectivity index (χ1n) is 12.2. The number of halogens is 1. The smallest absolute Gasteiger partial charge is 0.329 e. The Morgan fingerprint density at radius 3 is 2.56 bits per heavy atom. The van der Waals surface area contributed by atoms with Crippen LogP contribution >= 0.6 is 15.9 Å². The molecule has 1 aromatic heterocycles. The number of aromatic nitrogens is 2. The van der Waals surface area contributed by atoms with Crippen molar-refractivity contribution in [2.24, 2.45) is 11.8 Å².